The fraction of sp³-hybridized carbons (Fsp3) is 0.500. The Hall–Kier alpha value is -2.80. The van der Waals surface area contributed by atoms with Crippen molar-refractivity contribution in [1.29, 1.82) is 5.26 Å². The van der Waals surface area contributed by atoms with Gasteiger partial charge >= 0.3 is 6.36 Å². The summed E-state index contributed by atoms with van der Waals surface area (Å²) < 4.78 is 41.7. The zero-order chi connectivity index (χ0) is 20.9. The maximum absolute atomic E-state index is 12.6. The van der Waals surface area contributed by atoms with Gasteiger partial charge < -0.3 is 20.1 Å². The summed E-state index contributed by atoms with van der Waals surface area (Å²) in [7, 11) is 0. The van der Waals surface area contributed by atoms with E-state index in [1.54, 1.807) is 6.07 Å². The van der Waals surface area contributed by atoms with Crippen LogP contribution in [0.2, 0.25) is 0 Å². The Kier molecular flexibility index (Phi) is 6.85. The predicted molar refractivity (Wildman–Crippen MR) is 90.7 cm³/mol. The Morgan fingerprint density at radius 3 is 2.79 bits per heavy atom. The minimum atomic E-state index is -4.93. The van der Waals surface area contributed by atoms with Crippen LogP contribution in [0, 0.1) is 17.2 Å². The van der Waals surface area contributed by atoms with Crippen LogP contribution in [0.4, 0.5) is 13.2 Å². The number of hydrogen-bond donors (Lipinski definition) is 2. The molecule has 7 nitrogen and oxygen atoms in total. The second-order valence-electron chi connectivity index (χ2n) is 6.50. The summed E-state index contributed by atoms with van der Waals surface area (Å²) in [6, 6.07) is 5.30. The molecule has 0 aromatic heterocycles. The summed E-state index contributed by atoms with van der Waals surface area (Å²) in [5, 5.41) is 20.8. The number of nitrogens with zero attached hydrogens (tertiary/aromatic N) is 2. The van der Waals surface area contributed by atoms with Gasteiger partial charge in [0.15, 0.2) is 0 Å². The van der Waals surface area contributed by atoms with Crippen molar-refractivity contribution in [3.05, 3.63) is 29.3 Å². The van der Waals surface area contributed by atoms with Crippen molar-refractivity contribution >= 4 is 11.8 Å². The van der Waals surface area contributed by atoms with Gasteiger partial charge in [-0.3, -0.25) is 9.59 Å². The standard InChI is InChI=1S/C18H20F3N3O4/c1-11(25)17(27)24-6-2-3-14(10-24)16(26)23-9-13-5-4-12(8-22)7-15(13)28-18(19,20)21/h4-5,7,11,14,25H,2-3,6,9-10H2,1H3,(H,23,26). The Bertz CT molecular complexity index is 774. The molecule has 2 amide bonds. The molecule has 0 saturated carbocycles. The summed E-state index contributed by atoms with van der Waals surface area (Å²) in [5.41, 5.74) is 0.0614. The lowest BCUT2D eigenvalue weighted by Crippen LogP contribution is -2.48. The van der Waals surface area contributed by atoms with E-state index < -0.39 is 35.9 Å². The van der Waals surface area contributed by atoms with Crippen LogP contribution in [-0.2, 0) is 16.1 Å². The number of nitriles is 1. The molecule has 1 aromatic rings. The van der Waals surface area contributed by atoms with Crippen LogP contribution < -0.4 is 10.1 Å². The average Bonchev–Trinajstić information content (AvgIpc) is 2.64. The number of aliphatic hydroxyl groups excluding tert-OH is 1. The van der Waals surface area contributed by atoms with E-state index in [0.717, 1.165) is 6.07 Å². The van der Waals surface area contributed by atoms with Crippen LogP contribution in [0.15, 0.2) is 18.2 Å². The topological polar surface area (TPSA) is 103 Å². The number of nitrogens with one attached hydrogen (secondary N) is 1. The van der Waals surface area contributed by atoms with E-state index in [1.807, 2.05) is 0 Å². The molecule has 2 atom stereocenters. The van der Waals surface area contributed by atoms with Crippen molar-refractivity contribution in [3.8, 4) is 11.8 Å². The predicted octanol–water partition coefficient (Wildman–Crippen LogP) is 1.69. The molecular weight excluding hydrogens is 379 g/mol. The van der Waals surface area contributed by atoms with Crippen molar-refractivity contribution in [2.24, 2.45) is 5.92 Å². The number of amides is 2. The molecule has 152 valence electrons. The van der Waals surface area contributed by atoms with Crippen LogP contribution in [0.3, 0.4) is 0 Å². The molecule has 0 bridgehead atoms. The Morgan fingerprint density at radius 1 is 1.46 bits per heavy atom. The molecule has 1 fully saturated rings. The summed E-state index contributed by atoms with van der Waals surface area (Å²) in [6.45, 7) is 1.69. The number of ether oxygens (including phenoxy) is 1. The van der Waals surface area contributed by atoms with E-state index in [-0.39, 0.29) is 24.2 Å². The molecule has 1 saturated heterocycles. The van der Waals surface area contributed by atoms with E-state index in [9.17, 15) is 27.9 Å². The maximum atomic E-state index is 12.6. The average molecular weight is 399 g/mol. The molecule has 2 N–H and O–H groups in total. The molecule has 28 heavy (non-hydrogen) atoms. The Balaban J connectivity index is 2.04. The molecule has 1 aliphatic heterocycles. The molecule has 2 unspecified atom stereocenters. The number of benzene rings is 1. The van der Waals surface area contributed by atoms with Crippen molar-refractivity contribution in [3.63, 3.8) is 0 Å². The van der Waals surface area contributed by atoms with Gasteiger partial charge in [0.1, 0.15) is 11.9 Å². The highest BCUT2D eigenvalue weighted by Crippen LogP contribution is 2.28. The van der Waals surface area contributed by atoms with E-state index >= 15 is 0 Å². The number of carbonyl (C=O) groups is 2. The number of aliphatic hydroxyl groups is 1. The van der Waals surface area contributed by atoms with Crippen molar-refractivity contribution in [2.45, 2.75) is 38.8 Å². The maximum Gasteiger partial charge on any atom is 0.573 e. The fourth-order valence-corrected chi connectivity index (χ4v) is 2.97. The van der Waals surface area contributed by atoms with Gasteiger partial charge in [-0.2, -0.15) is 5.26 Å². The van der Waals surface area contributed by atoms with Crippen molar-refractivity contribution in [1.82, 2.24) is 10.2 Å². The first kappa shape index (κ1) is 21.5. The smallest absolute Gasteiger partial charge is 0.405 e. The normalized spacial score (nSPS) is 18.1. The highest BCUT2D eigenvalue weighted by atomic mass is 19.4. The third kappa shape index (κ3) is 5.85. The minimum absolute atomic E-state index is 0.00566. The quantitative estimate of drug-likeness (QED) is 0.785. The first-order valence-electron chi connectivity index (χ1n) is 8.64. The minimum Gasteiger partial charge on any atom is -0.405 e. The molecule has 0 radical (unpaired) electrons. The van der Waals surface area contributed by atoms with Gasteiger partial charge in [-0.1, -0.05) is 6.07 Å². The third-order valence-corrected chi connectivity index (χ3v) is 4.34. The summed E-state index contributed by atoms with van der Waals surface area (Å²) in [4.78, 5) is 25.7. The molecule has 0 aliphatic carbocycles. The van der Waals surface area contributed by atoms with Gasteiger partial charge in [0, 0.05) is 25.2 Å². The van der Waals surface area contributed by atoms with Crippen LogP contribution >= 0.6 is 0 Å². The van der Waals surface area contributed by atoms with E-state index in [0.29, 0.717) is 19.4 Å². The third-order valence-electron chi connectivity index (χ3n) is 4.34. The summed E-state index contributed by atoms with van der Waals surface area (Å²) in [5.74, 6) is -1.96. The molecule has 1 heterocycles. The lowest BCUT2D eigenvalue weighted by Gasteiger charge is -2.32. The van der Waals surface area contributed by atoms with Gasteiger partial charge in [0.25, 0.3) is 5.91 Å². The van der Waals surface area contributed by atoms with Crippen molar-refractivity contribution in [2.75, 3.05) is 13.1 Å². The molecule has 1 aromatic carbocycles. The Morgan fingerprint density at radius 2 is 2.18 bits per heavy atom. The number of likely N-dealkylation sites (tertiary alicyclic amines) is 1. The van der Waals surface area contributed by atoms with Gasteiger partial charge in [-0.05, 0) is 31.9 Å². The molecule has 1 aliphatic rings. The number of hydrogen-bond acceptors (Lipinski definition) is 5. The summed E-state index contributed by atoms with van der Waals surface area (Å²) in [6.07, 6.45) is -5.00. The van der Waals surface area contributed by atoms with Crippen LogP contribution in [0.5, 0.6) is 5.75 Å². The zero-order valence-corrected chi connectivity index (χ0v) is 15.1. The number of carbonyl (C=O) groups excluding carboxylic acids is 2. The highest BCUT2D eigenvalue weighted by Gasteiger charge is 2.33. The largest absolute Gasteiger partial charge is 0.573 e. The van der Waals surface area contributed by atoms with Crippen LogP contribution in [-0.4, -0.2) is 47.4 Å². The summed E-state index contributed by atoms with van der Waals surface area (Å²) >= 11 is 0. The molecule has 10 heteroatoms. The van der Waals surface area contributed by atoms with E-state index in [1.165, 1.54) is 24.0 Å². The molecular formula is C18H20F3N3O4. The SMILES string of the molecule is CC(O)C(=O)N1CCCC(C(=O)NCc2ccc(C#N)cc2OC(F)(F)F)C1. The first-order valence-corrected chi connectivity index (χ1v) is 8.64. The second-order valence-corrected chi connectivity index (χ2v) is 6.50. The number of alkyl halides is 3. The van der Waals surface area contributed by atoms with Crippen molar-refractivity contribution < 1.29 is 32.6 Å². The highest BCUT2D eigenvalue weighted by molar-refractivity contribution is 5.83. The Labute approximate surface area is 159 Å². The molecule has 0 spiro atoms. The fourth-order valence-electron chi connectivity index (χ4n) is 2.97. The number of piperidine rings is 1. The van der Waals surface area contributed by atoms with Gasteiger partial charge in [0.05, 0.1) is 17.6 Å². The number of halogens is 3. The van der Waals surface area contributed by atoms with Crippen LogP contribution in [0.1, 0.15) is 30.9 Å². The van der Waals surface area contributed by atoms with Gasteiger partial charge in [-0.25, -0.2) is 0 Å². The van der Waals surface area contributed by atoms with E-state index in [2.05, 4.69) is 10.1 Å². The molecule has 2 rings (SSSR count). The van der Waals surface area contributed by atoms with Crippen LogP contribution in [0.25, 0.3) is 0 Å². The monoisotopic (exact) mass is 399 g/mol. The van der Waals surface area contributed by atoms with Gasteiger partial charge in [0.2, 0.25) is 5.91 Å². The lowest BCUT2D eigenvalue weighted by atomic mass is 9.96. The van der Waals surface area contributed by atoms with E-state index in [4.69, 9.17) is 5.26 Å². The number of rotatable bonds is 5. The first-order chi connectivity index (χ1) is 13.1. The van der Waals surface area contributed by atoms with Gasteiger partial charge in [-0.15, -0.1) is 13.2 Å². The lowest BCUT2D eigenvalue weighted by molar-refractivity contribution is -0.274. The second kappa shape index (κ2) is 8.93. The zero-order valence-electron chi connectivity index (χ0n) is 15.1.